The van der Waals surface area contributed by atoms with Crippen molar-refractivity contribution in [2.24, 2.45) is 0 Å². The standard InChI is InChI=1S/C10H5F5O3/c11-9(12)18-8-2-6(10(13,14)15)1-5(3-16)7(8)4-17/h1-4,9H. The maximum absolute atomic E-state index is 12.4. The summed E-state index contributed by atoms with van der Waals surface area (Å²) in [4.78, 5) is 21.1. The lowest BCUT2D eigenvalue weighted by Crippen LogP contribution is -2.11. The summed E-state index contributed by atoms with van der Waals surface area (Å²) in [5.41, 5.74) is -2.68. The average Bonchev–Trinajstić information content (AvgIpc) is 2.25. The predicted octanol–water partition coefficient (Wildman–Crippen LogP) is 2.93. The van der Waals surface area contributed by atoms with E-state index >= 15 is 0 Å². The van der Waals surface area contributed by atoms with Gasteiger partial charge in [0.2, 0.25) is 0 Å². The molecule has 0 aliphatic heterocycles. The fraction of sp³-hybridized carbons (Fsp3) is 0.200. The van der Waals surface area contributed by atoms with Gasteiger partial charge in [-0.3, -0.25) is 9.59 Å². The van der Waals surface area contributed by atoms with E-state index in [1.54, 1.807) is 0 Å². The van der Waals surface area contributed by atoms with Gasteiger partial charge in [-0.15, -0.1) is 0 Å². The summed E-state index contributed by atoms with van der Waals surface area (Å²) in [6.45, 7) is -3.41. The van der Waals surface area contributed by atoms with Crippen LogP contribution in [-0.2, 0) is 6.18 Å². The summed E-state index contributed by atoms with van der Waals surface area (Å²) in [6, 6.07) is 0.623. The zero-order chi connectivity index (χ0) is 13.9. The lowest BCUT2D eigenvalue weighted by molar-refractivity contribution is -0.138. The fourth-order valence-corrected chi connectivity index (χ4v) is 1.23. The summed E-state index contributed by atoms with van der Waals surface area (Å²) >= 11 is 0. The first-order chi connectivity index (χ1) is 8.29. The van der Waals surface area contributed by atoms with Gasteiger partial charge in [0.15, 0.2) is 12.6 Å². The van der Waals surface area contributed by atoms with E-state index in [0.29, 0.717) is 6.07 Å². The number of aldehydes is 2. The van der Waals surface area contributed by atoms with Crippen molar-refractivity contribution >= 4 is 12.6 Å². The van der Waals surface area contributed by atoms with Gasteiger partial charge in [-0.05, 0) is 12.1 Å². The summed E-state index contributed by atoms with van der Waals surface area (Å²) in [6.07, 6.45) is -4.92. The van der Waals surface area contributed by atoms with E-state index in [2.05, 4.69) is 4.74 Å². The smallest absolute Gasteiger partial charge is 0.416 e. The zero-order valence-electron chi connectivity index (χ0n) is 8.50. The Labute approximate surface area is 97.2 Å². The normalized spacial score (nSPS) is 11.4. The third kappa shape index (κ3) is 3.02. The van der Waals surface area contributed by atoms with Crippen molar-refractivity contribution in [1.82, 2.24) is 0 Å². The van der Waals surface area contributed by atoms with Gasteiger partial charge in [-0.25, -0.2) is 0 Å². The molecular weight excluding hydrogens is 263 g/mol. The molecule has 98 valence electrons. The van der Waals surface area contributed by atoms with Gasteiger partial charge in [-0.2, -0.15) is 22.0 Å². The van der Waals surface area contributed by atoms with Crippen LogP contribution in [-0.4, -0.2) is 19.2 Å². The van der Waals surface area contributed by atoms with Gasteiger partial charge in [0.1, 0.15) is 5.75 Å². The quantitative estimate of drug-likeness (QED) is 0.623. The molecule has 1 rings (SSSR count). The lowest BCUT2D eigenvalue weighted by atomic mass is 10.0. The van der Waals surface area contributed by atoms with Crippen LogP contribution in [0.5, 0.6) is 5.75 Å². The lowest BCUT2D eigenvalue weighted by Gasteiger charge is -2.13. The molecular formula is C10H5F5O3. The maximum Gasteiger partial charge on any atom is 0.416 e. The van der Waals surface area contributed by atoms with Crippen LogP contribution >= 0.6 is 0 Å². The number of halogens is 5. The molecule has 0 aliphatic carbocycles. The minimum absolute atomic E-state index is 0.0262. The van der Waals surface area contributed by atoms with E-state index in [1.807, 2.05) is 0 Å². The second-order valence-corrected chi connectivity index (χ2v) is 3.09. The molecule has 8 heteroatoms. The molecule has 0 aromatic heterocycles. The van der Waals surface area contributed by atoms with Gasteiger partial charge in [0, 0.05) is 5.56 Å². The van der Waals surface area contributed by atoms with Crippen LogP contribution < -0.4 is 4.74 Å². The molecule has 0 bridgehead atoms. The fourth-order valence-electron chi connectivity index (χ4n) is 1.23. The number of rotatable bonds is 4. The molecule has 1 aromatic rings. The molecule has 0 spiro atoms. The second-order valence-electron chi connectivity index (χ2n) is 3.09. The SMILES string of the molecule is O=Cc1cc(C(F)(F)F)cc(OC(F)F)c1C=O. The maximum atomic E-state index is 12.4. The first kappa shape index (κ1) is 14.1. The van der Waals surface area contributed by atoms with Crippen molar-refractivity contribution in [2.75, 3.05) is 0 Å². The van der Waals surface area contributed by atoms with E-state index in [-0.39, 0.29) is 18.6 Å². The highest BCUT2D eigenvalue weighted by molar-refractivity contribution is 5.93. The predicted molar refractivity (Wildman–Crippen MR) is 48.9 cm³/mol. The van der Waals surface area contributed by atoms with Crippen molar-refractivity contribution in [3.63, 3.8) is 0 Å². The van der Waals surface area contributed by atoms with Crippen LogP contribution in [0.1, 0.15) is 26.3 Å². The molecule has 0 N–H and O–H groups in total. The molecule has 0 fully saturated rings. The van der Waals surface area contributed by atoms with Crippen molar-refractivity contribution in [2.45, 2.75) is 12.8 Å². The topological polar surface area (TPSA) is 43.4 Å². The van der Waals surface area contributed by atoms with Gasteiger partial charge >= 0.3 is 12.8 Å². The monoisotopic (exact) mass is 268 g/mol. The van der Waals surface area contributed by atoms with Crippen LogP contribution in [0.4, 0.5) is 22.0 Å². The highest BCUT2D eigenvalue weighted by Crippen LogP contribution is 2.34. The second kappa shape index (κ2) is 5.11. The first-order valence-electron chi connectivity index (χ1n) is 4.40. The largest absolute Gasteiger partial charge is 0.434 e. The van der Waals surface area contributed by atoms with Crippen LogP contribution in [0, 0.1) is 0 Å². The van der Waals surface area contributed by atoms with E-state index in [9.17, 15) is 31.5 Å². The average molecular weight is 268 g/mol. The van der Waals surface area contributed by atoms with Gasteiger partial charge in [0.05, 0.1) is 11.1 Å². The summed E-state index contributed by atoms with van der Waals surface area (Å²) in [5, 5.41) is 0. The highest BCUT2D eigenvalue weighted by Gasteiger charge is 2.33. The molecule has 0 heterocycles. The Hall–Kier alpha value is -1.99. The van der Waals surface area contributed by atoms with E-state index in [0.717, 1.165) is 0 Å². The minimum atomic E-state index is -4.85. The van der Waals surface area contributed by atoms with Crippen LogP contribution in [0.15, 0.2) is 12.1 Å². The van der Waals surface area contributed by atoms with Gasteiger partial charge < -0.3 is 4.74 Å². The third-order valence-electron chi connectivity index (χ3n) is 1.96. The van der Waals surface area contributed by atoms with E-state index in [1.165, 1.54) is 0 Å². The van der Waals surface area contributed by atoms with Crippen molar-refractivity contribution in [1.29, 1.82) is 0 Å². The molecule has 0 saturated carbocycles. The molecule has 1 aromatic carbocycles. The van der Waals surface area contributed by atoms with Crippen molar-refractivity contribution in [3.05, 3.63) is 28.8 Å². The molecule has 0 amide bonds. The number of carbonyl (C=O) groups is 2. The van der Waals surface area contributed by atoms with Crippen LogP contribution in [0.25, 0.3) is 0 Å². The molecule has 0 radical (unpaired) electrons. The molecule has 18 heavy (non-hydrogen) atoms. The third-order valence-corrected chi connectivity index (χ3v) is 1.96. The number of hydrogen-bond acceptors (Lipinski definition) is 3. The Bertz CT molecular complexity index is 467. The van der Waals surface area contributed by atoms with Gasteiger partial charge in [0.25, 0.3) is 0 Å². The number of ether oxygens (including phenoxy) is 1. The Morgan fingerprint density at radius 3 is 2.11 bits per heavy atom. The Balaban J connectivity index is 3.45. The summed E-state index contributed by atoms with van der Waals surface area (Å²) < 4.78 is 65.0. The molecule has 0 saturated heterocycles. The summed E-state index contributed by atoms with van der Waals surface area (Å²) in [7, 11) is 0. The highest BCUT2D eigenvalue weighted by atomic mass is 19.4. The number of alkyl halides is 5. The zero-order valence-corrected chi connectivity index (χ0v) is 8.50. The summed E-state index contributed by atoms with van der Waals surface area (Å²) in [5.74, 6) is -0.989. The van der Waals surface area contributed by atoms with E-state index < -0.39 is 35.2 Å². The number of carbonyl (C=O) groups excluding carboxylic acids is 2. The minimum Gasteiger partial charge on any atom is -0.434 e. The molecule has 0 aliphatic rings. The Morgan fingerprint density at radius 1 is 1.11 bits per heavy atom. The molecule has 3 nitrogen and oxygen atoms in total. The number of hydrogen-bond donors (Lipinski definition) is 0. The molecule has 0 unspecified atom stereocenters. The number of benzene rings is 1. The first-order valence-corrected chi connectivity index (χ1v) is 4.40. The van der Waals surface area contributed by atoms with Crippen LogP contribution in [0.3, 0.4) is 0 Å². The Kier molecular flexibility index (Phi) is 4.00. The Morgan fingerprint density at radius 2 is 1.72 bits per heavy atom. The van der Waals surface area contributed by atoms with E-state index in [4.69, 9.17) is 0 Å². The van der Waals surface area contributed by atoms with Crippen molar-refractivity contribution < 1.29 is 36.3 Å². The van der Waals surface area contributed by atoms with Crippen LogP contribution in [0.2, 0.25) is 0 Å². The van der Waals surface area contributed by atoms with Gasteiger partial charge in [-0.1, -0.05) is 0 Å². The van der Waals surface area contributed by atoms with Crippen molar-refractivity contribution in [3.8, 4) is 5.75 Å². The molecule has 0 atom stereocenters.